The predicted molar refractivity (Wildman–Crippen MR) is 103 cm³/mol. The van der Waals surface area contributed by atoms with E-state index in [4.69, 9.17) is 0 Å². The van der Waals surface area contributed by atoms with Crippen LogP contribution in [0.25, 0.3) is 21.7 Å². The first kappa shape index (κ1) is 17.2. The van der Waals surface area contributed by atoms with Gasteiger partial charge in [-0.15, -0.1) is 0 Å². The molecule has 1 aromatic carbocycles. The quantitative estimate of drug-likeness (QED) is 0.666. The summed E-state index contributed by atoms with van der Waals surface area (Å²) in [5, 5.41) is 14.7. The van der Waals surface area contributed by atoms with Gasteiger partial charge in [0, 0.05) is 28.9 Å². The lowest BCUT2D eigenvalue weighted by Gasteiger charge is -2.10. The molecule has 0 saturated carbocycles. The number of pyridine rings is 2. The van der Waals surface area contributed by atoms with Crippen molar-refractivity contribution in [3.8, 4) is 0 Å². The minimum Gasteiger partial charge on any atom is -0.477 e. The second kappa shape index (κ2) is 7.08. The summed E-state index contributed by atoms with van der Waals surface area (Å²) in [4.78, 5) is 19.9. The van der Waals surface area contributed by atoms with Crippen LogP contribution in [0, 0.1) is 12.1 Å². The molecule has 0 unspecified atom stereocenters. The Kier molecular flexibility index (Phi) is 4.68. The summed E-state index contributed by atoms with van der Waals surface area (Å²) in [5.41, 5.74) is 2.38. The van der Waals surface area contributed by atoms with Gasteiger partial charge >= 0.3 is 5.97 Å². The summed E-state index contributed by atoms with van der Waals surface area (Å²) in [7, 11) is 0. The van der Waals surface area contributed by atoms with Gasteiger partial charge < -0.3 is 10.4 Å². The van der Waals surface area contributed by atoms with Gasteiger partial charge in [0.05, 0.1) is 10.9 Å². The van der Waals surface area contributed by atoms with E-state index in [1.165, 1.54) is 11.6 Å². The molecular weight excluding hydrogens is 326 g/mol. The number of fused-ring (bicyclic) bond motifs is 3. The third-order valence-corrected chi connectivity index (χ3v) is 3.67. The van der Waals surface area contributed by atoms with E-state index in [2.05, 4.69) is 34.0 Å². The van der Waals surface area contributed by atoms with Crippen LogP contribution in [-0.4, -0.2) is 21.0 Å². The number of aromatic nitrogens is 2. The fourth-order valence-electron chi connectivity index (χ4n) is 2.48. The number of carboxylic acids is 1. The maximum atomic E-state index is 11.2. The summed E-state index contributed by atoms with van der Waals surface area (Å²) >= 11 is 0. The molecule has 5 heteroatoms. The predicted octanol–water partition coefficient (Wildman–Crippen LogP) is 4.53. The number of rotatable bonds is 5. The monoisotopic (exact) mass is 343 g/mol. The second-order valence-corrected chi connectivity index (χ2v) is 6.01. The van der Waals surface area contributed by atoms with E-state index in [9.17, 15) is 9.90 Å². The molecule has 0 saturated heterocycles. The Morgan fingerprint density at radius 2 is 2.12 bits per heavy atom. The highest BCUT2D eigenvalue weighted by molar-refractivity contribution is 6.10. The average Bonchev–Trinajstić information content (AvgIpc) is 2.61. The van der Waals surface area contributed by atoms with Crippen LogP contribution in [0.3, 0.4) is 0 Å². The summed E-state index contributed by atoms with van der Waals surface area (Å²) < 4.78 is 0. The average molecular weight is 343 g/mol. The normalized spacial score (nSPS) is 10.7. The number of allylic oxidation sites excluding steroid dienone is 4. The zero-order chi connectivity index (χ0) is 18.7. The molecular formula is C21H17N3O2. The number of hydrogen-bond donors (Lipinski definition) is 2. The van der Waals surface area contributed by atoms with Gasteiger partial charge in [-0.25, -0.2) is 9.78 Å². The van der Waals surface area contributed by atoms with E-state index in [1.807, 2.05) is 38.1 Å². The largest absolute Gasteiger partial charge is 0.477 e. The van der Waals surface area contributed by atoms with Crippen molar-refractivity contribution < 1.29 is 9.90 Å². The SMILES string of the molecule is C=C(/C=C\C=C(C)C)Nc1nc2cc(C(=O)O)c#cc2c2ccncc12. The summed E-state index contributed by atoms with van der Waals surface area (Å²) in [6.07, 6.45) is 9.10. The Hall–Kier alpha value is -3.65. The highest BCUT2D eigenvalue weighted by Gasteiger charge is 2.11. The second-order valence-electron chi connectivity index (χ2n) is 6.01. The Morgan fingerprint density at radius 1 is 1.31 bits per heavy atom. The van der Waals surface area contributed by atoms with Crippen molar-refractivity contribution in [2.45, 2.75) is 13.8 Å². The summed E-state index contributed by atoms with van der Waals surface area (Å²) in [6, 6.07) is 8.90. The highest BCUT2D eigenvalue weighted by Crippen LogP contribution is 2.28. The van der Waals surface area contributed by atoms with E-state index in [-0.39, 0.29) is 5.56 Å². The molecule has 0 aliphatic carbocycles. The van der Waals surface area contributed by atoms with Crippen molar-refractivity contribution in [3.63, 3.8) is 0 Å². The fraction of sp³-hybridized carbons (Fsp3) is 0.0952. The van der Waals surface area contributed by atoms with Crippen molar-refractivity contribution in [2.24, 2.45) is 0 Å². The van der Waals surface area contributed by atoms with Gasteiger partial charge in [-0.05, 0) is 32.1 Å². The van der Waals surface area contributed by atoms with Crippen LogP contribution in [0.5, 0.6) is 0 Å². The number of nitrogens with zero attached hydrogens (tertiary/aromatic N) is 2. The molecule has 2 heterocycles. The van der Waals surface area contributed by atoms with Crippen molar-refractivity contribution in [1.29, 1.82) is 0 Å². The standard InChI is InChI=1S/C21H17N3O2/c1-13(2)5-4-6-14(3)23-20-18-12-22-10-9-16(18)17-8-7-15(21(25)26)11-19(17)24-20/h4-6,9-12H,3H2,1-2H3,(H,23,24)(H,25,26)/b6-4-. The lowest BCUT2D eigenvalue weighted by Crippen LogP contribution is -2.01. The topological polar surface area (TPSA) is 75.1 Å². The van der Waals surface area contributed by atoms with Crippen LogP contribution in [0.15, 0.2) is 60.6 Å². The first-order valence-corrected chi connectivity index (χ1v) is 7.98. The van der Waals surface area contributed by atoms with E-state index in [0.29, 0.717) is 22.4 Å². The van der Waals surface area contributed by atoms with Gasteiger partial charge in [-0.1, -0.05) is 36.4 Å². The first-order chi connectivity index (χ1) is 12.5. The molecule has 0 radical (unpaired) electrons. The molecule has 0 amide bonds. The van der Waals surface area contributed by atoms with Gasteiger partial charge in [0.25, 0.3) is 0 Å². The number of carbonyl (C=O) groups is 1. The van der Waals surface area contributed by atoms with Gasteiger partial charge in [0.1, 0.15) is 11.4 Å². The van der Waals surface area contributed by atoms with Crippen molar-refractivity contribution in [3.05, 3.63) is 78.3 Å². The van der Waals surface area contributed by atoms with E-state index >= 15 is 0 Å². The minimum atomic E-state index is -1.07. The molecule has 3 rings (SSSR count). The Balaban J connectivity index is 2.10. The molecule has 3 aromatic rings. The molecule has 0 fully saturated rings. The molecule has 0 bridgehead atoms. The third-order valence-electron chi connectivity index (χ3n) is 3.67. The highest BCUT2D eigenvalue weighted by atomic mass is 16.4. The Labute approximate surface area is 151 Å². The molecule has 0 spiro atoms. The van der Waals surface area contributed by atoms with Gasteiger partial charge in [-0.2, -0.15) is 0 Å². The number of hydrogen-bond acceptors (Lipinski definition) is 4. The van der Waals surface area contributed by atoms with Crippen LogP contribution >= 0.6 is 0 Å². The maximum absolute atomic E-state index is 11.2. The zero-order valence-electron chi connectivity index (χ0n) is 14.5. The van der Waals surface area contributed by atoms with E-state index in [0.717, 1.165) is 10.8 Å². The maximum Gasteiger partial charge on any atom is 0.344 e. The number of nitrogens with one attached hydrogen (secondary N) is 1. The van der Waals surface area contributed by atoms with Gasteiger partial charge in [-0.3, -0.25) is 4.98 Å². The molecule has 0 atom stereocenters. The van der Waals surface area contributed by atoms with Crippen LogP contribution < -0.4 is 5.32 Å². The smallest absolute Gasteiger partial charge is 0.344 e. The Bertz CT molecular complexity index is 1080. The van der Waals surface area contributed by atoms with Crippen LogP contribution in [0.2, 0.25) is 0 Å². The third kappa shape index (κ3) is 3.55. The Morgan fingerprint density at radius 3 is 2.85 bits per heavy atom. The van der Waals surface area contributed by atoms with Crippen molar-refractivity contribution >= 4 is 33.5 Å². The first-order valence-electron chi connectivity index (χ1n) is 7.98. The van der Waals surface area contributed by atoms with Crippen molar-refractivity contribution in [2.75, 3.05) is 5.32 Å². The lowest BCUT2D eigenvalue weighted by atomic mass is 10.1. The van der Waals surface area contributed by atoms with Crippen LogP contribution in [0.1, 0.15) is 24.2 Å². The zero-order valence-corrected chi connectivity index (χ0v) is 14.5. The molecule has 2 N–H and O–H groups in total. The lowest BCUT2D eigenvalue weighted by molar-refractivity contribution is 0.0697. The number of carboxylic acid groups (broad SMARTS) is 1. The van der Waals surface area contributed by atoms with Gasteiger partial charge in [0.15, 0.2) is 0 Å². The molecule has 26 heavy (non-hydrogen) atoms. The minimum absolute atomic E-state index is 0.0200. The summed E-state index contributed by atoms with van der Waals surface area (Å²) in [6.45, 7) is 8.01. The van der Waals surface area contributed by atoms with Crippen LogP contribution in [0.4, 0.5) is 5.82 Å². The number of anilines is 1. The molecule has 2 aromatic heterocycles. The van der Waals surface area contributed by atoms with Crippen molar-refractivity contribution in [1.82, 2.24) is 9.97 Å². The molecule has 128 valence electrons. The number of aromatic carboxylic acids is 1. The molecule has 5 nitrogen and oxygen atoms in total. The summed E-state index contributed by atoms with van der Waals surface area (Å²) in [5.74, 6) is -0.508. The van der Waals surface area contributed by atoms with Gasteiger partial charge in [0.2, 0.25) is 0 Å². The van der Waals surface area contributed by atoms with Crippen LogP contribution in [-0.2, 0) is 0 Å². The van der Waals surface area contributed by atoms with E-state index in [1.54, 1.807) is 12.4 Å². The fourth-order valence-corrected chi connectivity index (χ4v) is 2.48. The molecule has 0 aliphatic rings. The molecule has 0 aliphatic heterocycles. The van der Waals surface area contributed by atoms with E-state index < -0.39 is 5.97 Å².